The third-order valence-corrected chi connectivity index (χ3v) is 3.12. The highest BCUT2D eigenvalue weighted by molar-refractivity contribution is 5.28. The Morgan fingerprint density at radius 2 is 2.17 bits per heavy atom. The number of halogens is 1. The molecule has 4 heteroatoms. The van der Waals surface area contributed by atoms with Crippen LogP contribution < -0.4 is 15.4 Å². The fourth-order valence-corrected chi connectivity index (χ4v) is 1.83. The minimum absolute atomic E-state index is 0.210. The van der Waals surface area contributed by atoms with Crippen molar-refractivity contribution in [2.24, 2.45) is 0 Å². The number of hydrogen-bond donors (Lipinski definition) is 2. The lowest BCUT2D eigenvalue weighted by atomic mass is 10.2. The molecule has 2 N–H and O–H groups in total. The first-order valence-corrected chi connectivity index (χ1v) is 6.56. The van der Waals surface area contributed by atoms with Gasteiger partial charge in [0.1, 0.15) is 11.6 Å². The van der Waals surface area contributed by atoms with Gasteiger partial charge in [-0.15, -0.1) is 0 Å². The van der Waals surface area contributed by atoms with Crippen LogP contribution in [0.5, 0.6) is 5.75 Å². The topological polar surface area (TPSA) is 33.3 Å². The van der Waals surface area contributed by atoms with E-state index in [0.29, 0.717) is 17.9 Å². The minimum Gasteiger partial charge on any atom is -0.497 e. The van der Waals surface area contributed by atoms with Crippen molar-refractivity contribution in [2.45, 2.75) is 31.8 Å². The van der Waals surface area contributed by atoms with Gasteiger partial charge in [-0.25, -0.2) is 4.39 Å². The van der Waals surface area contributed by atoms with Crippen molar-refractivity contribution in [3.05, 3.63) is 29.6 Å². The highest BCUT2D eigenvalue weighted by atomic mass is 19.1. The first-order valence-electron chi connectivity index (χ1n) is 6.56. The van der Waals surface area contributed by atoms with Crippen molar-refractivity contribution in [1.82, 2.24) is 10.6 Å². The number of benzene rings is 1. The summed E-state index contributed by atoms with van der Waals surface area (Å²) in [6.07, 6.45) is 3.73. The largest absolute Gasteiger partial charge is 0.497 e. The molecule has 100 valence electrons. The fraction of sp³-hybridized carbons (Fsp3) is 0.571. The van der Waals surface area contributed by atoms with Gasteiger partial charge in [0.25, 0.3) is 0 Å². The van der Waals surface area contributed by atoms with E-state index in [-0.39, 0.29) is 5.82 Å². The third kappa shape index (κ3) is 4.27. The molecule has 1 aliphatic carbocycles. The van der Waals surface area contributed by atoms with Crippen LogP contribution in [0.2, 0.25) is 0 Å². The van der Waals surface area contributed by atoms with Gasteiger partial charge in [0.05, 0.1) is 7.11 Å². The summed E-state index contributed by atoms with van der Waals surface area (Å²) in [5.41, 5.74) is 0.686. The molecule has 0 radical (unpaired) electrons. The van der Waals surface area contributed by atoms with Crippen LogP contribution in [0, 0.1) is 5.82 Å². The molecule has 18 heavy (non-hydrogen) atoms. The summed E-state index contributed by atoms with van der Waals surface area (Å²) in [7, 11) is 1.54. The zero-order chi connectivity index (χ0) is 12.8. The molecule has 0 bridgehead atoms. The smallest absolute Gasteiger partial charge is 0.131 e. The van der Waals surface area contributed by atoms with Crippen LogP contribution in [0.4, 0.5) is 4.39 Å². The van der Waals surface area contributed by atoms with Crippen LogP contribution in [0.25, 0.3) is 0 Å². The second-order valence-corrected chi connectivity index (χ2v) is 4.72. The molecule has 2 rings (SSSR count). The van der Waals surface area contributed by atoms with Gasteiger partial charge in [-0.05, 0) is 38.4 Å². The second kappa shape index (κ2) is 6.71. The van der Waals surface area contributed by atoms with Crippen molar-refractivity contribution >= 4 is 0 Å². The van der Waals surface area contributed by atoms with E-state index in [4.69, 9.17) is 4.74 Å². The molecule has 1 aromatic rings. The Morgan fingerprint density at radius 1 is 1.33 bits per heavy atom. The predicted molar refractivity (Wildman–Crippen MR) is 70.3 cm³/mol. The lowest BCUT2D eigenvalue weighted by Gasteiger charge is -2.08. The molecule has 0 amide bonds. The number of methoxy groups -OCH3 is 1. The molecule has 0 aromatic heterocycles. The molecule has 0 aliphatic heterocycles. The molecular weight excluding hydrogens is 231 g/mol. The minimum atomic E-state index is -0.210. The Kier molecular flexibility index (Phi) is 4.96. The first-order chi connectivity index (χ1) is 8.79. The maximum absolute atomic E-state index is 13.6. The van der Waals surface area contributed by atoms with E-state index in [1.165, 1.54) is 18.9 Å². The highest BCUT2D eigenvalue weighted by Gasteiger charge is 2.19. The van der Waals surface area contributed by atoms with E-state index in [0.717, 1.165) is 25.6 Å². The molecule has 1 fully saturated rings. The summed E-state index contributed by atoms with van der Waals surface area (Å²) in [5, 5.41) is 6.70. The third-order valence-electron chi connectivity index (χ3n) is 3.12. The number of nitrogens with one attached hydrogen (secondary N) is 2. The Hall–Kier alpha value is -1.13. The quantitative estimate of drug-likeness (QED) is 0.695. The maximum Gasteiger partial charge on any atom is 0.131 e. The molecule has 3 nitrogen and oxygen atoms in total. The number of ether oxygens (including phenoxy) is 1. The second-order valence-electron chi connectivity index (χ2n) is 4.72. The maximum atomic E-state index is 13.6. The van der Waals surface area contributed by atoms with Gasteiger partial charge in [0, 0.05) is 24.2 Å². The predicted octanol–water partition coefficient (Wildman–Crippen LogP) is 2.07. The normalized spacial score (nSPS) is 14.8. The Balaban J connectivity index is 1.62. The SMILES string of the molecule is COc1ccc(CNCCCNC2CC2)c(F)c1. The van der Waals surface area contributed by atoms with Gasteiger partial charge < -0.3 is 15.4 Å². The van der Waals surface area contributed by atoms with Crippen molar-refractivity contribution < 1.29 is 9.13 Å². The zero-order valence-electron chi connectivity index (χ0n) is 10.8. The summed E-state index contributed by atoms with van der Waals surface area (Å²) in [5.74, 6) is 0.350. The summed E-state index contributed by atoms with van der Waals surface area (Å²) < 4.78 is 18.6. The summed E-state index contributed by atoms with van der Waals surface area (Å²) in [6, 6.07) is 5.74. The summed E-state index contributed by atoms with van der Waals surface area (Å²) in [6.45, 7) is 2.52. The number of hydrogen-bond acceptors (Lipinski definition) is 3. The Morgan fingerprint density at radius 3 is 2.83 bits per heavy atom. The molecule has 0 spiro atoms. The average molecular weight is 252 g/mol. The van der Waals surface area contributed by atoms with Crippen molar-refractivity contribution in [2.75, 3.05) is 20.2 Å². The lowest BCUT2D eigenvalue weighted by Crippen LogP contribution is -2.23. The van der Waals surface area contributed by atoms with Crippen LogP contribution in [0.1, 0.15) is 24.8 Å². The van der Waals surface area contributed by atoms with E-state index in [1.807, 2.05) is 0 Å². The Labute approximate surface area is 108 Å². The standard InChI is InChI=1S/C14H21FN2O/c1-18-13-6-3-11(14(15)9-13)10-16-7-2-8-17-12-4-5-12/h3,6,9,12,16-17H,2,4-5,7-8,10H2,1H3. The van der Waals surface area contributed by atoms with Gasteiger partial charge in [-0.2, -0.15) is 0 Å². The van der Waals surface area contributed by atoms with Gasteiger partial charge in [0.2, 0.25) is 0 Å². The van der Waals surface area contributed by atoms with Gasteiger partial charge in [0.15, 0.2) is 0 Å². The molecule has 1 saturated carbocycles. The van der Waals surface area contributed by atoms with E-state index < -0.39 is 0 Å². The Bertz CT molecular complexity index is 380. The molecular formula is C14H21FN2O. The molecule has 0 unspecified atom stereocenters. The fourth-order valence-electron chi connectivity index (χ4n) is 1.83. The van der Waals surface area contributed by atoms with Crippen LogP contribution in [0.15, 0.2) is 18.2 Å². The average Bonchev–Trinajstić information content (AvgIpc) is 3.19. The van der Waals surface area contributed by atoms with Crippen LogP contribution in [-0.2, 0) is 6.54 Å². The van der Waals surface area contributed by atoms with Crippen LogP contribution in [-0.4, -0.2) is 26.2 Å². The van der Waals surface area contributed by atoms with Crippen molar-refractivity contribution in [1.29, 1.82) is 0 Å². The molecule has 0 heterocycles. The van der Waals surface area contributed by atoms with Crippen molar-refractivity contribution in [3.63, 3.8) is 0 Å². The van der Waals surface area contributed by atoms with Gasteiger partial charge in [-0.1, -0.05) is 6.07 Å². The molecule has 1 aliphatic rings. The van der Waals surface area contributed by atoms with E-state index >= 15 is 0 Å². The summed E-state index contributed by atoms with van der Waals surface area (Å²) >= 11 is 0. The highest BCUT2D eigenvalue weighted by Crippen LogP contribution is 2.18. The van der Waals surface area contributed by atoms with Gasteiger partial charge >= 0.3 is 0 Å². The monoisotopic (exact) mass is 252 g/mol. The first kappa shape index (κ1) is 13.3. The molecule has 1 aromatic carbocycles. The van der Waals surface area contributed by atoms with E-state index in [1.54, 1.807) is 19.2 Å². The summed E-state index contributed by atoms with van der Waals surface area (Å²) in [4.78, 5) is 0. The zero-order valence-corrected chi connectivity index (χ0v) is 10.8. The van der Waals surface area contributed by atoms with Crippen LogP contribution in [0.3, 0.4) is 0 Å². The van der Waals surface area contributed by atoms with Gasteiger partial charge in [-0.3, -0.25) is 0 Å². The van der Waals surface area contributed by atoms with Crippen molar-refractivity contribution in [3.8, 4) is 5.75 Å². The van der Waals surface area contributed by atoms with E-state index in [2.05, 4.69) is 10.6 Å². The molecule has 0 saturated heterocycles. The molecule has 0 atom stereocenters. The van der Waals surface area contributed by atoms with Crippen LogP contribution >= 0.6 is 0 Å². The lowest BCUT2D eigenvalue weighted by molar-refractivity contribution is 0.410. The number of rotatable bonds is 8. The van der Waals surface area contributed by atoms with E-state index in [9.17, 15) is 4.39 Å².